The van der Waals surface area contributed by atoms with Gasteiger partial charge in [0, 0.05) is 30.9 Å². The van der Waals surface area contributed by atoms with Crippen molar-refractivity contribution in [1.82, 2.24) is 20.0 Å². The number of benzene rings is 1. The SMILES string of the molecule is O=C(NC1CCCOc2cc(F)ccc21)N1CCC(n2cc(Br)cn2)CC1. The van der Waals surface area contributed by atoms with Crippen molar-refractivity contribution in [2.45, 2.75) is 37.8 Å². The van der Waals surface area contributed by atoms with E-state index in [2.05, 4.69) is 26.3 Å². The summed E-state index contributed by atoms with van der Waals surface area (Å²) in [5.74, 6) is 0.203. The number of piperidine rings is 1. The molecule has 0 spiro atoms. The molecule has 1 atom stereocenters. The number of likely N-dealkylation sites (tertiary alicyclic amines) is 1. The summed E-state index contributed by atoms with van der Waals surface area (Å²) >= 11 is 3.42. The van der Waals surface area contributed by atoms with Crippen molar-refractivity contribution in [3.63, 3.8) is 0 Å². The van der Waals surface area contributed by atoms with Crippen molar-refractivity contribution in [3.05, 3.63) is 46.4 Å². The van der Waals surface area contributed by atoms with E-state index in [4.69, 9.17) is 4.74 Å². The molecule has 4 rings (SSSR count). The Hall–Kier alpha value is -2.09. The van der Waals surface area contributed by atoms with E-state index in [1.807, 2.05) is 15.8 Å². The highest BCUT2D eigenvalue weighted by Crippen LogP contribution is 2.32. The molecule has 0 saturated carbocycles. The van der Waals surface area contributed by atoms with Gasteiger partial charge in [0.15, 0.2) is 0 Å². The van der Waals surface area contributed by atoms with Crippen LogP contribution in [0.3, 0.4) is 0 Å². The third-order valence-corrected chi connectivity index (χ3v) is 5.65. The van der Waals surface area contributed by atoms with Gasteiger partial charge in [-0.15, -0.1) is 0 Å². The van der Waals surface area contributed by atoms with E-state index in [1.165, 1.54) is 12.1 Å². The van der Waals surface area contributed by atoms with E-state index >= 15 is 0 Å². The molecular weight excluding hydrogens is 415 g/mol. The zero-order valence-corrected chi connectivity index (χ0v) is 16.5. The van der Waals surface area contributed by atoms with Crippen LogP contribution in [-0.2, 0) is 0 Å². The van der Waals surface area contributed by atoms with Gasteiger partial charge in [0.1, 0.15) is 11.6 Å². The van der Waals surface area contributed by atoms with Gasteiger partial charge in [-0.2, -0.15) is 5.10 Å². The first kappa shape index (κ1) is 18.3. The standard InChI is InChI=1S/C19H22BrFN4O2/c20-13-11-22-25(12-13)15-5-7-24(8-6-15)19(26)23-17-2-1-9-27-18-10-14(21)3-4-16(17)18/h3-4,10-12,15,17H,1-2,5-9H2,(H,23,26). The minimum absolute atomic E-state index is 0.0720. The molecule has 1 saturated heterocycles. The summed E-state index contributed by atoms with van der Waals surface area (Å²) in [6.45, 7) is 1.91. The van der Waals surface area contributed by atoms with Gasteiger partial charge in [0.25, 0.3) is 0 Å². The van der Waals surface area contributed by atoms with Crippen LogP contribution in [0.4, 0.5) is 9.18 Å². The average Bonchev–Trinajstić information content (AvgIpc) is 3.01. The number of nitrogens with zero attached hydrogens (tertiary/aromatic N) is 3. The second kappa shape index (κ2) is 7.88. The summed E-state index contributed by atoms with van der Waals surface area (Å²) in [6, 6.07) is 4.61. The molecule has 8 heteroatoms. The maximum Gasteiger partial charge on any atom is 0.317 e. The van der Waals surface area contributed by atoms with Crippen LogP contribution in [0.5, 0.6) is 5.75 Å². The number of carbonyl (C=O) groups excluding carboxylic acids is 1. The van der Waals surface area contributed by atoms with Gasteiger partial charge in [-0.25, -0.2) is 9.18 Å². The molecule has 1 aromatic carbocycles. The first-order valence-corrected chi connectivity index (χ1v) is 10.1. The largest absolute Gasteiger partial charge is 0.493 e. The maximum absolute atomic E-state index is 13.5. The van der Waals surface area contributed by atoms with Crippen LogP contribution in [0.15, 0.2) is 35.1 Å². The number of amides is 2. The number of nitrogens with one attached hydrogen (secondary N) is 1. The van der Waals surface area contributed by atoms with E-state index in [1.54, 1.807) is 12.3 Å². The maximum atomic E-state index is 13.5. The summed E-state index contributed by atoms with van der Waals surface area (Å²) < 4.78 is 22.1. The van der Waals surface area contributed by atoms with Crippen LogP contribution in [-0.4, -0.2) is 40.4 Å². The monoisotopic (exact) mass is 436 g/mol. The normalized spacial score (nSPS) is 20.5. The molecule has 1 unspecified atom stereocenters. The Morgan fingerprint density at radius 2 is 2.11 bits per heavy atom. The van der Waals surface area contributed by atoms with Crippen LogP contribution >= 0.6 is 15.9 Å². The third-order valence-electron chi connectivity index (χ3n) is 5.24. The second-order valence-electron chi connectivity index (χ2n) is 7.03. The Bertz CT molecular complexity index is 820. The lowest BCUT2D eigenvalue weighted by Crippen LogP contribution is -2.45. The Balaban J connectivity index is 1.38. The first-order valence-electron chi connectivity index (χ1n) is 9.27. The van der Waals surface area contributed by atoms with Gasteiger partial charge in [-0.3, -0.25) is 4.68 Å². The van der Waals surface area contributed by atoms with Crippen molar-refractivity contribution in [2.75, 3.05) is 19.7 Å². The molecule has 6 nitrogen and oxygen atoms in total. The number of urea groups is 1. The highest BCUT2D eigenvalue weighted by molar-refractivity contribution is 9.10. The fraction of sp³-hybridized carbons (Fsp3) is 0.474. The number of ether oxygens (including phenoxy) is 1. The summed E-state index contributed by atoms with van der Waals surface area (Å²) in [4.78, 5) is 14.6. The fourth-order valence-electron chi connectivity index (χ4n) is 3.78. The number of rotatable bonds is 2. The molecule has 1 aromatic heterocycles. The van der Waals surface area contributed by atoms with Crippen LogP contribution in [0.1, 0.15) is 43.3 Å². The van der Waals surface area contributed by atoms with E-state index in [0.717, 1.165) is 35.7 Å². The number of hydrogen-bond donors (Lipinski definition) is 1. The molecule has 2 aliphatic rings. The Morgan fingerprint density at radius 1 is 1.30 bits per heavy atom. The van der Waals surface area contributed by atoms with E-state index < -0.39 is 0 Å². The summed E-state index contributed by atoms with van der Waals surface area (Å²) in [7, 11) is 0. The van der Waals surface area contributed by atoms with Crippen molar-refractivity contribution in [3.8, 4) is 5.75 Å². The van der Waals surface area contributed by atoms with Crippen molar-refractivity contribution in [1.29, 1.82) is 0 Å². The lowest BCUT2D eigenvalue weighted by molar-refractivity contribution is 0.165. The molecule has 1 N–H and O–H groups in total. The zero-order chi connectivity index (χ0) is 18.8. The van der Waals surface area contributed by atoms with E-state index in [-0.39, 0.29) is 17.9 Å². The molecule has 0 radical (unpaired) electrons. The predicted molar refractivity (Wildman–Crippen MR) is 102 cm³/mol. The van der Waals surface area contributed by atoms with Crippen LogP contribution in [0.2, 0.25) is 0 Å². The fourth-order valence-corrected chi connectivity index (χ4v) is 4.09. The number of halogens is 2. The lowest BCUT2D eigenvalue weighted by atomic mass is 10.0. The third kappa shape index (κ3) is 4.10. The molecule has 27 heavy (non-hydrogen) atoms. The Kier molecular flexibility index (Phi) is 5.33. The molecule has 3 heterocycles. The first-order chi connectivity index (χ1) is 13.1. The summed E-state index contributed by atoms with van der Waals surface area (Å²) in [6.07, 6.45) is 7.10. The molecule has 144 valence electrons. The molecule has 2 amide bonds. The molecule has 0 aliphatic carbocycles. The number of hydrogen-bond acceptors (Lipinski definition) is 3. The smallest absolute Gasteiger partial charge is 0.317 e. The van der Waals surface area contributed by atoms with Gasteiger partial charge in [0.05, 0.1) is 29.4 Å². The highest BCUT2D eigenvalue weighted by Gasteiger charge is 2.27. The lowest BCUT2D eigenvalue weighted by Gasteiger charge is -2.33. The Morgan fingerprint density at radius 3 is 2.85 bits per heavy atom. The molecule has 2 aliphatic heterocycles. The molecule has 0 bridgehead atoms. The number of aromatic nitrogens is 2. The minimum Gasteiger partial charge on any atom is -0.493 e. The van der Waals surface area contributed by atoms with Gasteiger partial charge in [-0.05, 0) is 47.7 Å². The van der Waals surface area contributed by atoms with E-state index in [0.29, 0.717) is 31.5 Å². The minimum atomic E-state index is -0.326. The number of carbonyl (C=O) groups is 1. The molecule has 2 aromatic rings. The van der Waals surface area contributed by atoms with E-state index in [9.17, 15) is 9.18 Å². The summed E-state index contributed by atoms with van der Waals surface area (Å²) in [5.41, 5.74) is 0.846. The Labute approximate surface area is 165 Å². The van der Waals surface area contributed by atoms with Crippen LogP contribution in [0.25, 0.3) is 0 Å². The predicted octanol–water partition coefficient (Wildman–Crippen LogP) is 4.05. The highest BCUT2D eigenvalue weighted by atomic mass is 79.9. The van der Waals surface area contributed by atoms with Crippen LogP contribution < -0.4 is 10.1 Å². The summed E-state index contributed by atoms with van der Waals surface area (Å²) in [5, 5.41) is 7.47. The van der Waals surface area contributed by atoms with Crippen LogP contribution in [0, 0.1) is 5.82 Å². The second-order valence-corrected chi connectivity index (χ2v) is 7.95. The van der Waals surface area contributed by atoms with Crippen molar-refractivity contribution >= 4 is 22.0 Å². The number of fused-ring (bicyclic) bond motifs is 1. The van der Waals surface area contributed by atoms with Gasteiger partial charge in [-0.1, -0.05) is 6.07 Å². The molecule has 1 fully saturated rings. The quantitative estimate of drug-likeness (QED) is 0.772. The topological polar surface area (TPSA) is 59.4 Å². The van der Waals surface area contributed by atoms with Gasteiger partial charge in [0.2, 0.25) is 0 Å². The van der Waals surface area contributed by atoms with Crippen molar-refractivity contribution in [2.24, 2.45) is 0 Å². The zero-order valence-electron chi connectivity index (χ0n) is 14.9. The molecular formula is C19H22BrFN4O2. The van der Waals surface area contributed by atoms with Crippen molar-refractivity contribution < 1.29 is 13.9 Å². The average molecular weight is 437 g/mol. The van der Waals surface area contributed by atoms with Gasteiger partial charge < -0.3 is 15.0 Å². The van der Waals surface area contributed by atoms with Gasteiger partial charge >= 0.3 is 6.03 Å².